The molecular formula is C20H26ClNO2. The second kappa shape index (κ2) is 10.7. The van der Waals surface area contributed by atoms with Crippen LogP contribution in [0.2, 0.25) is 0 Å². The summed E-state index contributed by atoms with van der Waals surface area (Å²) in [6, 6.07) is 16.8. The van der Waals surface area contributed by atoms with E-state index in [0.717, 1.165) is 18.0 Å². The van der Waals surface area contributed by atoms with Crippen molar-refractivity contribution in [1.82, 2.24) is 5.32 Å². The molecule has 0 aliphatic carbocycles. The van der Waals surface area contributed by atoms with Gasteiger partial charge in [0.25, 0.3) is 0 Å². The molecule has 0 fully saturated rings. The van der Waals surface area contributed by atoms with Gasteiger partial charge in [0.05, 0.1) is 6.61 Å². The molecule has 0 spiro atoms. The van der Waals surface area contributed by atoms with Gasteiger partial charge in [0.2, 0.25) is 0 Å². The highest BCUT2D eigenvalue weighted by atomic mass is 35.5. The molecule has 0 saturated carbocycles. The van der Waals surface area contributed by atoms with Gasteiger partial charge in [-0.2, -0.15) is 0 Å². The van der Waals surface area contributed by atoms with Crippen molar-refractivity contribution in [3.05, 3.63) is 72.3 Å². The molecule has 4 heteroatoms. The smallest absolute Gasteiger partial charge is 0.161 e. The second-order valence-electron chi connectivity index (χ2n) is 5.33. The van der Waals surface area contributed by atoms with Crippen LogP contribution in [0.5, 0.6) is 11.5 Å². The third kappa shape index (κ3) is 5.91. The first-order chi connectivity index (χ1) is 11.2. The molecule has 0 saturated heterocycles. The fraction of sp³-hybridized carbons (Fsp3) is 0.300. The number of hydrogen-bond donors (Lipinski definition) is 1. The molecule has 0 aliphatic heterocycles. The minimum atomic E-state index is 0. The summed E-state index contributed by atoms with van der Waals surface area (Å²) in [7, 11) is 0. The first kappa shape index (κ1) is 20.1. The summed E-state index contributed by atoms with van der Waals surface area (Å²) >= 11 is 0. The zero-order chi connectivity index (χ0) is 16.5. The van der Waals surface area contributed by atoms with Crippen LogP contribution in [0, 0.1) is 0 Å². The van der Waals surface area contributed by atoms with Gasteiger partial charge in [0, 0.05) is 12.6 Å². The molecule has 2 aromatic rings. The Kier molecular flexibility index (Phi) is 8.98. The Morgan fingerprint density at radius 3 is 2.50 bits per heavy atom. The van der Waals surface area contributed by atoms with E-state index in [1.54, 1.807) is 6.08 Å². The van der Waals surface area contributed by atoms with Gasteiger partial charge >= 0.3 is 0 Å². The van der Waals surface area contributed by atoms with Gasteiger partial charge in [-0.25, -0.2) is 0 Å². The predicted octanol–water partition coefficient (Wildman–Crippen LogP) is 4.92. The number of benzene rings is 2. The SMILES string of the molecule is C=CCOc1ccc(CNC(C)c2ccccc2)cc1OCC.Cl. The van der Waals surface area contributed by atoms with Gasteiger partial charge in [0.15, 0.2) is 11.5 Å². The van der Waals surface area contributed by atoms with E-state index >= 15 is 0 Å². The average Bonchev–Trinajstić information content (AvgIpc) is 2.60. The zero-order valence-corrected chi connectivity index (χ0v) is 15.1. The molecule has 1 atom stereocenters. The maximum Gasteiger partial charge on any atom is 0.161 e. The Labute approximate surface area is 151 Å². The lowest BCUT2D eigenvalue weighted by Crippen LogP contribution is -2.18. The molecule has 0 heterocycles. The summed E-state index contributed by atoms with van der Waals surface area (Å²) in [5.41, 5.74) is 2.45. The molecule has 2 aromatic carbocycles. The minimum Gasteiger partial charge on any atom is -0.490 e. The highest BCUT2D eigenvalue weighted by Crippen LogP contribution is 2.28. The predicted molar refractivity (Wildman–Crippen MR) is 102 cm³/mol. The van der Waals surface area contributed by atoms with Crippen LogP contribution in [-0.4, -0.2) is 13.2 Å². The van der Waals surface area contributed by atoms with Crippen molar-refractivity contribution in [2.24, 2.45) is 0 Å². The molecular weight excluding hydrogens is 322 g/mol. The Bertz CT molecular complexity index is 616. The van der Waals surface area contributed by atoms with Crippen LogP contribution in [0.15, 0.2) is 61.2 Å². The van der Waals surface area contributed by atoms with Crippen LogP contribution in [0.4, 0.5) is 0 Å². The van der Waals surface area contributed by atoms with Crippen molar-refractivity contribution in [2.75, 3.05) is 13.2 Å². The lowest BCUT2D eigenvalue weighted by Gasteiger charge is -2.16. The van der Waals surface area contributed by atoms with Crippen LogP contribution >= 0.6 is 12.4 Å². The van der Waals surface area contributed by atoms with Crippen molar-refractivity contribution in [1.29, 1.82) is 0 Å². The van der Waals surface area contributed by atoms with Crippen molar-refractivity contribution in [3.63, 3.8) is 0 Å². The van der Waals surface area contributed by atoms with E-state index in [1.807, 2.05) is 25.1 Å². The van der Waals surface area contributed by atoms with Crippen molar-refractivity contribution in [2.45, 2.75) is 26.4 Å². The normalized spacial score (nSPS) is 11.2. The second-order valence-corrected chi connectivity index (χ2v) is 5.33. The first-order valence-electron chi connectivity index (χ1n) is 8.02. The lowest BCUT2D eigenvalue weighted by molar-refractivity contribution is 0.296. The summed E-state index contributed by atoms with van der Waals surface area (Å²) in [5, 5.41) is 3.53. The van der Waals surface area contributed by atoms with Crippen LogP contribution in [0.25, 0.3) is 0 Å². The number of hydrogen-bond acceptors (Lipinski definition) is 3. The molecule has 0 radical (unpaired) electrons. The van der Waals surface area contributed by atoms with Crippen LogP contribution in [-0.2, 0) is 6.54 Å². The van der Waals surface area contributed by atoms with Crippen LogP contribution in [0.1, 0.15) is 31.0 Å². The fourth-order valence-corrected chi connectivity index (χ4v) is 2.33. The van der Waals surface area contributed by atoms with E-state index < -0.39 is 0 Å². The Balaban J connectivity index is 0.00000288. The zero-order valence-electron chi connectivity index (χ0n) is 14.3. The van der Waals surface area contributed by atoms with Crippen LogP contribution < -0.4 is 14.8 Å². The molecule has 3 nitrogen and oxygen atoms in total. The number of ether oxygens (including phenoxy) is 2. The summed E-state index contributed by atoms with van der Waals surface area (Å²) in [5.74, 6) is 1.53. The van der Waals surface area contributed by atoms with E-state index in [0.29, 0.717) is 19.3 Å². The maximum atomic E-state index is 5.68. The first-order valence-corrected chi connectivity index (χ1v) is 8.02. The van der Waals surface area contributed by atoms with Gasteiger partial charge < -0.3 is 14.8 Å². The molecule has 0 bridgehead atoms. The third-order valence-corrected chi connectivity index (χ3v) is 3.58. The van der Waals surface area contributed by atoms with Crippen molar-refractivity contribution < 1.29 is 9.47 Å². The highest BCUT2D eigenvalue weighted by Gasteiger charge is 2.08. The molecule has 0 amide bonds. The monoisotopic (exact) mass is 347 g/mol. The largest absolute Gasteiger partial charge is 0.490 e. The summed E-state index contributed by atoms with van der Waals surface area (Å²) in [4.78, 5) is 0. The molecule has 24 heavy (non-hydrogen) atoms. The van der Waals surface area contributed by atoms with Gasteiger partial charge in [-0.3, -0.25) is 0 Å². The lowest BCUT2D eigenvalue weighted by atomic mass is 10.1. The molecule has 0 aromatic heterocycles. The number of rotatable bonds is 9. The van der Waals surface area contributed by atoms with E-state index in [1.165, 1.54) is 11.1 Å². The van der Waals surface area contributed by atoms with E-state index in [-0.39, 0.29) is 12.4 Å². The Morgan fingerprint density at radius 1 is 1.08 bits per heavy atom. The van der Waals surface area contributed by atoms with Gasteiger partial charge in [-0.05, 0) is 37.1 Å². The van der Waals surface area contributed by atoms with Gasteiger partial charge in [-0.15, -0.1) is 12.4 Å². The molecule has 1 N–H and O–H groups in total. The van der Waals surface area contributed by atoms with Crippen molar-refractivity contribution in [3.8, 4) is 11.5 Å². The molecule has 2 rings (SSSR count). The van der Waals surface area contributed by atoms with E-state index in [4.69, 9.17) is 9.47 Å². The van der Waals surface area contributed by atoms with E-state index in [2.05, 4.69) is 49.2 Å². The third-order valence-electron chi connectivity index (χ3n) is 3.58. The Morgan fingerprint density at radius 2 is 1.83 bits per heavy atom. The number of nitrogens with one attached hydrogen (secondary N) is 1. The highest BCUT2D eigenvalue weighted by molar-refractivity contribution is 5.85. The van der Waals surface area contributed by atoms with Crippen LogP contribution in [0.3, 0.4) is 0 Å². The van der Waals surface area contributed by atoms with Gasteiger partial charge in [-0.1, -0.05) is 49.1 Å². The van der Waals surface area contributed by atoms with Gasteiger partial charge in [0.1, 0.15) is 6.61 Å². The number of halogens is 1. The van der Waals surface area contributed by atoms with E-state index in [9.17, 15) is 0 Å². The standard InChI is InChI=1S/C20H25NO2.ClH/c1-4-13-23-19-12-11-17(14-20(19)22-5-2)15-21-16(3)18-9-7-6-8-10-18;/h4,6-12,14,16,21H,1,5,13,15H2,2-3H3;1H. The summed E-state index contributed by atoms with van der Waals surface area (Å²) < 4.78 is 11.3. The summed E-state index contributed by atoms with van der Waals surface area (Å²) in [6.07, 6.45) is 1.73. The molecule has 0 aliphatic rings. The topological polar surface area (TPSA) is 30.5 Å². The van der Waals surface area contributed by atoms with Crippen molar-refractivity contribution >= 4 is 12.4 Å². The fourth-order valence-electron chi connectivity index (χ4n) is 2.33. The quantitative estimate of drug-likeness (QED) is 0.653. The average molecular weight is 348 g/mol. The summed E-state index contributed by atoms with van der Waals surface area (Å²) in [6.45, 7) is 9.67. The maximum absolute atomic E-state index is 5.68. The Hall–Kier alpha value is -1.97. The minimum absolute atomic E-state index is 0. The molecule has 130 valence electrons. The molecule has 1 unspecified atom stereocenters.